The van der Waals surface area contributed by atoms with Crippen molar-refractivity contribution >= 4 is 27.5 Å². The molecule has 0 aliphatic rings. The molecule has 1 aromatic heterocycles. The molecule has 0 bridgehead atoms. The zero-order valence-electron chi connectivity index (χ0n) is 10.8. The van der Waals surface area contributed by atoms with E-state index in [4.69, 9.17) is 0 Å². The van der Waals surface area contributed by atoms with Crippen molar-refractivity contribution in [3.8, 4) is 0 Å². The van der Waals surface area contributed by atoms with Gasteiger partial charge in [-0.15, -0.1) is 0 Å². The SMILES string of the molecule is CNC(=O)c1cc(NCc2cc(Br)ccc2F)ccn1. The average Bonchev–Trinajstić information content (AvgIpc) is 2.47. The zero-order chi connectivity index (χ0) is 14.5. The van der Waals surface area contributed by atoms with Crippen LogP contribution in [0.15, 0.2) is 41.0 Å². The highest BCUT2D eigenvalue weighted by atomic mass is 79.9. The molecule has 0 spiro atoms. The first-order chi connectivity index (χ1) is 9.60. The Kier molecular flexibility index (Phi) is 4.68. The van der Waals surface area contributed by atoms with E-state index in [9.17, 15) is 9.18 Å². The molecule has 0 radical (unpaired) electrons. The molecule has 0 saturated heterocycles. The molecule has 0 fully saturated rings. The number of amides is 1. The van der Waals surface area contributed by atoms with Crippen LogP contribution in [-0.4, -0.2) is 17.9 Å². The van der Waals surface area contributed by atoms with Gasteiger partial charge in [-0.2, -0.15) is 0 Å². The summed E-state index contributed by atoms with van der Waals surface area (Å²) in [5.41, 5.74) is 1.56. The summed E-state index contributed by atoms with van der Waals surface area (Å²) in [6, 6.07) is 8.11. The average molecular weight is 338 g/mol. The lowest BCUT2D eigenvalue weighted by Crippen LogP contribution is -2.19. The van der Waals surface area contributed by atoms with E-state index in [1.165, 1.54) is 12.3 Å². The van der Waals surface area contributed by atoms with Crippen LogP contribution in [-0.2, 0) is 6.54 Å². The van der Waals surface area contributed by atoms with Crippen molar-refractivity contribution in [2.24, 2.45) is 0 Å². The van der Waals surface area contributed by atoms with Crippen LogP contribution in [0.5, 0.6) is 0 Å². The molecule has 0 aliphatic heterocycles. The van der Waals surface area contributed by atoms with E-state index in [-0.39, 0.29) is 11.7 Å². The van der Waals surface area contributed by atoms with Crippen molar-refractivity contribution in [1.29, 1.82) is 0 Å². The molecule has 6 heteroatoms. The van der Waals surface area contributed by atoms with Gasteiger partial charge in [0.05, 0.1) is 0 Å². The minimum Gasteiger partial charge on any atom is -0.381 e. The molecule has 20 heavy (non-hydrogen) atoms. The number of benzene rings is 1. The van der Waals surface area contributed by atoms with Crippen LogP contribution in [0.2, 0.25) is 0 Å². The van der Waals surface area contributed by atoms with Crippen LogP contribution in [0.3, 0.4) is 0 Å². The van der Waals surface area contributed by atoms with Gasteiger partial charge >= 0.3 is 0 Å². The second-order valence-corrected chi connectivity index (χ2v) is 5.01. The molecule has 0 saturated carbocycles. The van der Waals surface area contributed by atoms with E-state index in [0.717, 1.165) is 4.47 Å². The van der Waals surface area contributed by atoms with Crippen molar-refractivity contribution < 1.29 is 9.18 Å². The third kappa shape index (κ3) is 3.54. The molecule has 0 aliphatic carbocycles. The summed E-state index contributed by atoms with van der Waals surface area (Å²) in [7, 11) is 1.54. The first kappa shape index (κ1) is 14.5. The van der Waals surface area contributed by atoms with E-state index < -0.39 is 0 Å². The fourth-order valence-corrected chi connectivity index (χ4v) is 2.08. The van der Waals surface area contributed by atoms with Crippen LogP contribution in [0.4, 0.5) is 10.1 Å². The van der Waals surface area contributed by atoms with Crippen molar-refractivity contribution in [2.45, 2.75) is 6.54 Å². The Morgan fingerprint density at radius 3 is 2.90 bits per heavy atom. The van der Waals surface area contributed by atoms with E-state index in [1.54, 1.807) is 31.3 Å². The minimum atomic E-state index is -0.277. The number of carbonyl (C=O) groups excluding carboxylic acids is 1. The largest absolute Gasteiger partial charge is 0.381 e. The van der Waals surface area contributed by atoms with E-state index in [2.05, 4.69) is 31.5 Å². The van der Waals surface area contributed by atoms with E-state index >= 15 is 0 Å². The van der Waals surface area contributed by atoms with Crippen LogP contribution in [0, 0.1) is 5.82 Å². The molecular weight excluding hydrogens is 325 g/mol. The number of hydrogen-bond donors (Lipinski definition) is 2. The molecule has 1 amide bonds. The number of aromatic nitrogens is 1. The summed E-state index contributed by atoms with van der Waals surface area (Å²) in [4.78, 5) is 15.4. The molecule has 2 N–H and O–H groups in total. The van der Waals surface area contributed by atoms with Gasteiger partial charge in [0.1, 0.15) is 11.5 Å². The highest BCUT2D eigenvalue weighted by molar-refractivity contribution is 9.10. The molecule has 0 unspecified atom stereocenters. The first-order valence-corrected chi connectivity index (χ1v) is 6.75. The number of rotatable bonds is 4. The van der Waals surface area contributed by atoms with Crippen LogP contribution in [0.25, 0.3) is 0 Å². The lowest BCUT2D eigenvalue weighted by atomic mass is 10.2. The molecule has 2 rings (SSSR count). The van der Waals surface area contributed by atoms with E-state index in [1.807, 2.05) is 0 Å². The Bertz CT molecular complexity index is 634. The lowest BCUT2D eigenvalue weighted by molar-refractivity contribution is 0.0958. The summed E-state index contributed by atoms with van der Waals surface area (Å²) < 4.78 is 14.4. The molecule has 0 atom stereocenters. The molecule has 1 heterocycles. The Hall–Kier alpha value is -1.95. The number of carbonyl (C=O) groups is 1. The fourth-order valence-electron chi connectivity index (χ4n) is 1.67. The highest BCUT2D eigenvalue weighted by Crippen LogP contribution is 2.17. The predicted molar refractivity (Wildman–Crippen MR) is 79.1 cm³/mol. The number of hydrogen-bond acceptors (Lipinski definition) is 3. The number of pyridine rings is 1. The molecule has 4 nitrogen and oxygen atoms in total. The van der Waals surface area contributed by atoms with Gasteiger partial charge < -0.3 is 10.6 Å². The van der Waals surface area contributed by atoms with Crippen LogP contribution >= 0.6 is 15.9 Å². The Morgan fingerprint density at radius 2 is 2.15 bits per heavy atom. The number of nitrogens with zero attached hydrogens (tertiary/aromatic N) is 1. The Balaban J connectivity index is 2.11. The monoisotopic (exact) mass is 337 g/mol. The summed E-state index contributed by atoms with van der Waals surface area (Å²) >= 11 is 3.31. The van der Waals surface area contributed by atoms with Crippen LogP contribution < -0.4 is 10.6 Å². The van der Waals surface area contributed by atoms with Crippen molar-refractivity contribution in [1.82, 2.24) is 10.3 Å². The lowest BCUT2D eigenvalue weighted by Gasteiger charge is -2.09. The number of nitrogens with one attached hydrogen (secondary N) is 2. The summed E-state index contributed by atoms with van der Waals surface area (Å²) in [5, 5.41) is 5.57. The van der Waals surface area contributed by atoms with Crippen molar-refractivity contribution in [3.05, 3.63) is 58.1 Å². The fraction of sp³-hybridized carbons (Fsp3) is 0.143. The second kappa shape index (κ2) is 6.47. The van der Waals surface area contributed by atoms with Crippen molar-refractivity contribution in [2.75, 3.05) is 12.4 Å². The molecular formula is C14H13BrFN3O. The Labute approximate surface area is 124 Å². The van der Waals surface area contributed by atoms with Gasteiger partial charge in [0.15, 0.2) is 0 Å². The summed E-state index contributed by atoms with van der Waals surface area (Å²) in [6.45, 7) is 0.322. The summed E-state index contributed by atoms with van der Waals surface area (Å²) in [5.74, 6) is -0.538. The molecule has 2 aromatic rings. The summed E-state index contributed by atoms with van der Waals surface area (Å²) in [6.07, 6.45) is 1.53. The third-order valence-electron chi connectivity index (χ3n) is 2.71. The standard InChI is InChI=1S/C14H13BrFN3O/c1-17-14(20)13-7-11(4-5-18-13)19-8-9-6-10(15)2-3-12(9)16/h2-7H,8H2,1H3,(H,17,20)(H,18,19). The second-order valence-electron chi connectivity index (χ2n) is 4.10. The maximum atomic E-state index is 13.6. The topological polar surface area (TPSA) is 54.0 Å². The molecule has 1 aromatic carbocycles. The van der Waals surface area contributed by atoms with E-state index in [0.29, 0.717) is 23.5 Å². The zero-order valence-corrected chi connectivity index (χ0v) is 12.4. The highest BCUT2D eigenvalue weighted by Gasteiger charge is 2.06. The van der Waals surface area contributed by atoms with Gasteiger partial charge in [-0.25, -0.2) is 4.39 Å². The quantitative estimate of drug-likeness (QED) is 0.901. The van der Waals surface area contributed by atoms with Gasteiger partial charge in [-0.3, -0.25) is 9.78 Å². The number of halogens is 2. The minimum absolute atomic E-state index is 0.262. The van der Waals surface area contributed by atoms with Crippen LogP contribution in [0.1, 0.15) is 16.1 Å². The maximum Gasteiger partial charge on any atom is 0.269 e. The van der Waals surface area contributed by atoms with Gasteiger partial charge in [0, 0.05) is 35.5 Å². The number of anilines is 1. The van der Waals surface area contributed by atoms with Gasteiger partial charge in [-0.1, -0.05) is 15.9 Å². The Morgan fingerprint density at radius 1 is 1.35 bits per heavy atom. The third-order valence-corrected chi connectivity index (χ3v) is 3.20. The predicted octanol–water partition coefficient (Wildman–Crippen LogP) is 2.95. The van der Waals surface area contributed by atoms with Gasteiger partial charge in [0.2, 0.25) is 0 Å². The van der Waals surface area contributed by atoms with Crippen molar-refractivity contribution in [3.63, 3.8) is 0 Å². The van der Waals surface area contributed by atoms with Gasteiger partial charge in [-0.05, 0) is 30.3 Å². The van der Waals surface area contributed by atoms with Gasteiger partial charge in [0.25, 0.3) is 5.91 Å². The first-order valence-electron chi connectivity index (χ1n) is 5.96. The smallest absolute Gasteiger partial charge is 0.269 e. The maximum absolute atomic E-state index is 13.6. The molecule has 104 valence electrons. The normalized spacial score (nSPS) is 10.2.